The molecule has 0 aromatic heterocycles. The van der Waals surface area contributed by atoms with Crippen molar-refractivity contribution in [3.8, 4) is 5.75 Å². The van der Waals surface area contributed by atoms with E-state index in [4.69, 9.17) is 9.47 Å². The molecule has 0 unspecified atom stereocenters. The van der Waals surface area contributed by atoms with Gasteiger partial charge in [-0.1, -0.05) is 72.3 Å². The molecule has 0 heterocycles. The molecule has 148 valence electrons. The summed E-state index contributed by atoms with van der Waals surface area (Å²) in [6.45, 7) is 9.80. The highest BCUT2D eigenvalue weighted by atomic mass is 16.5. The minimum absolute atomic E-state index is 0.248. The van der Waals surface area contributed by atoms with E-state index < -0.39 is 0 Å². The van der Waals surface area contributed by atoms with Crippen LogP contribution in [0.4, 0.5) is 0 Å². The molecule has 0 radical (unpaired) electrons. The highest BCUT2D eigenvalue weighted by Crippen LogP contribution is 2.30. The highest BCUT2D eigenvalue weighted by Gasteiger charge is 2.19. The zero-order valence-corrected chi connectivity index (χ0v) is 17.4. The number of ether oxygens (including phenoxy) is 2. The van der Waals surface area contributed by atoms with Crippen LogP contribution < -0.4 is 4.74 Å². The van der Waals surface area contributed by atoms with Gasteiger partial charge in [-0.15, -0.1) is 0 Å². The molecule has 26 heavy (non-hydrogen) atoms. The molecule has 3 nitrogen and oxygen atoms in total. The van der Waals surface area contributed by atoms with Gasteiger partial charge in [0.1, 0.15) is 11.3 Å². The third-order valence-electron chi connectivity index (χ3n) is 4.79. The lowest BCUT2D eigenvalue weighted by atomic mass is 9.98. The number of benzene rings is 1. The Bertz CT molecular complexity index is 522. The maximum Gasteiger partial charge on any atom is 0.341 e. The average Bonchev–Trinajstić information content (AvgIpc) is 2.66. The Labute approximate surface area is 160 Å². The summed E-state index contributed by atoms with van der Waals surface area (Å²) >= 11 is 0. The van der Waals surface area contributed by atoms with Gasteiger partial charge in [-0.05, 0) is 42.9 Å². The summed E-state index contributed by atoms with van der Waals surface area (Å²) < 4.78 is 11.6. The van der Waals surface area contributed by atoms with E-state index in [1.165, 1.54) is 37.7 Å². The van der Waals surface area contributed by atoms with Crippen molar-refractivity contribution in [3.63, 3.8) is 0 Å². The van der Waals surface area contributed by atoms with Crippen LogP contribution >= 0.6 is 0 Å². The average molecular weight is 363 g/mol. The predicted octanol–water partition coefficient (Wildman–Crippen LogP) is 6.51. The quantitative estimate of drug-likeness (QED) is 0.279. The first-order valence-electron chi connectivity index (χ1n) is 10.6. The minimum atomic E-state index is -0.248. The maximum atomic E-state index is 12.6. The molecule has 0 aliphatic rings. The minimum Gasteiger partial charge on any atom is -0.492 e. The number of aryl methyl sites for hydroxylation is 1. The molecule has 0 spiro atoms. The Hall–Kier alpha value is -1.51. The van der Waals surface area contributed by atoms with E-state index in [1.54, 1.807) is 0 Å². The smallest absolute Gasteiger partial charge is 0.341 e. The number of hydrogen-bond acceptors (Lipinski definition) is 3. The second kappa shape index (κ2) is 13.7. The summed E-state index contributed by atoms with van der Waals surface area (Å²) in [5.74, 6) is 0.504. The molecular weight excluding hydrogens is 324 g/mol. The third-order valence-corrected chi connectivity index (χ3v) is 4.79. The molecule has 0 aliphatic carbocycles. The molecule has 3 heteroatoms. The number of unbranched alkanes of at least 4 members (excludes halogenated alkanes) is 6. The fourth-order valence-corrected chi connectivity index (χ4v) is 3.19. The van der Waals surface area contributed by atoms with Gasteiger partial charge < -0.3 is 9.47 Å². The number of hydrogen-bond donors (Lipinski definition) is 0. The Balaban J connectivity index is 2.82. The summed E-state index contributed by atoms with van der Waals surface area (Å²) in [5, 5.41) is 0. The Kier molecular flexibility index (Phi) is 11.8. The zero-order chi connectivity index (χ0) is 19.2. The van der Waals surface area contributed by atoms with Crippen LogP contribution in [0.5, 0.6) is 5.75 Å². The van der Waals surface area contributed by atoms with Crippen molar-refractivity contribution < 1.29 is 14.3 Å². The largest absolute Gasteiger partial charge is 0.492 e. The van der Waals surface area contributed by atoms with Crippen LogP contribution in [0.15, 0.2) is 12.1 Å². The molecule has 0 N–H and O–H groups in total. The second-order valence-electron chi connectivity index (χ2n) is 6.89. The van der Waals surface area contributed by atoms with Crippen molar-refractivity contribution in [2.75, 3.05) is 13.2 Å². The van der Waals surface area contributed by atoms with Gasteiger partial charge in [0.15, 0.2) is 0 Å². The summed E-state index contributed by atoms with van der Waals surface area (Å²) in [4.78, 5) is 12.6. The van der Waals surface area contributed by atoms with E-state index >= 15 is 0 Å². The van der Waals surface area contributed by atoms with Crippen LogP contribution in [0.25, 0.3) is 0 Å². The first-order chi connectivity index (χ1) is 12.7. The van der Waals surface area contributed by atoms with Crippen LogP contribution in [0.3, 0.4) is 0 Å². The molecule has 0 bridgehead atoms. The van der Waals surface area contributed by atoms with Gasteiger partial charge in [0, 0.05) is 0 Å². The van der Waals surface area contributed by atoms with E-state index in [2.05, 4.69) is 33.8 Å². The lowest BCUT2D eigenvalue weighted by Gasteiger charge is -2.18. The standard InChI is InChI=1S/C23H38O3/c1-5-9-11-13-17-25-22-20(8-4)19(7-3)15-16-21(22)23(24)26-18-14-12-10-6-2/h15-16H,5-14,17-18H2,1-4H3. The first-order valence-corrected chi connectivity index (χ1v) is 10.6. The molecular formula is C23H38O3. The van der Waals surface area contributed by atoms with Gasteiger partial charge in [-0.3, -0.25) is 0 Å². The van der Waals surface area contributed by atoms with Crippen LogP contribution in [-0.4, -0.2) is 19.2 Å². The van der Waals surface area contributed by atoms with Crippen LogP contribution in [0, 0.1) is 0 Å². The molecule has 0 amide bonds. The fourth-order valence-electron chi connectivity index (χ4n) is 3.19. The first kappa shape index (κ1) is 22.5. The van der Waals surface area contributed by atoms with Gasteiger partial charge in [0.2, 0.25) is 0 Å². The SMILES string of the molecule is CCCCCCOC(=O)c1ccc(CC)c(CC)c1OCCCCCC. The fraction of sp³-hybridized carbons (Fsp3) is 0.696. The number of rotatable bonds is 14. The summed E-state index contributed by atoms with van der Waals surface area (Å²) in [5.41, 5.74) is 3.00. The normalized spacial score (nSPS) is 10.8. The number of esters is 1. The van der Waals surface area contributed by atoms with E-state index in [0.717, 1.165) is 43.4 Å². The van der Waals surface area contributed by atoms with Crippen molar-refractivity contribution in [2.45, 2.75) is 91.9 Å². The van der Waals surface area contributed by atoms with Crippen molar-refractivity contribution in [3.05, 3.63) is 28.8 Å². The van der Waals surface area contributed by atoms with E-state index in [9.17, 15) is 4.79 Å². The Morgan fingerprint density at radius 1 is 0.808 bits per heavy atom. The van der Waals surface area contributed by atoms with Gasteiger partial charge in [0.25, 0.3) is 0 Å². The number of carbonyl (C=O) groups is 1. The molecule has 1 aromatic rings. The van der Waals surface area contributed by atoms with Crippen LogP contribution in [0.1, 0.15) is 101 Å². The summed E-state index contributed by atoms with van der Waals surface area (Å²) in [7, 11) is 0. The van der Waals surface area contributed by atoms with Crippen LogP contribution in [-0.2, 0) is 17.6 Å². The second-order valence-corrected chi connectivity index (χ2v) is 6.89. The van der Waals surface area contributed by atoms with Crippen LogP contribution in [0.2, 0.25) is 0 Å². The van der Waals surface area contributed by atoms with Crippen molar-refractivity contribution >= 4 is 5.97 Å². The van der Waals surface area contributed by atoms with Gasteiger partial charge in [0.05, 0.1) is 13.2 Å². The van der Waals surface area contributed by atoms with E-state index in [-0.39, 0.29) is 5.97 Å². The molecule has 1 rings (SSSR count). The van der Waals surface area contributed by atoms with Crippen molar-refractivity contribution in [1.29, 1.82) is 0 Å². The maximum absolute atomic E-state index is 12.6. The Morgan fingerprint density at radius 2 is 1.46 bits per heavy atom. The lowest BCUT2D eigenvalue weighted by molar-refractivity contribution is 0.0493. The lowest BCUT2D eigenvalue weighted by Crippen LogP contribution is -2.12. The topological polar surface area (TPSA) is 35.5 Å². The molecule has 1 aromatic carbocycles. The van der Waals surface area contributed by atoms with E-state index in [0.29, 0.717) is 18.8 Å². The number of carbonyl (C=O) groups excluding carboxylic acids is 1. The molecule has 0 fully saturated rings. The van der Waals surface area contributed by atoms with Gasteiger partial charge >= 0.3 is 5.97 Å². The van der Waals surface area contributed by atoms with Gasteiger partial charge in [-0.2, -0.15) is 0 Å². The third kappa shape index (κ3) is 7.39. The van der Waals surface area contributed by atoms with Crippen molar-refractivity contribution in [1.82, 2.24) is 0 Å². The molecule has 0 atom stereocenters. The summed E-state index contributed by atoms with van der Waals surface area (Å²) in [6.07, 6.45) is 10.9. The monoisotopic (exact) mass is 362 g/mol. The summed E-state index contributed by atoms with van der Waals surface area (Å²) in [6, 6.07) is 3.93. The molecule has 0 aliphatic heterocycles. The highest BCUT2D eigenvalue weighted by molar-refractivity contribution is 5.93. The zero-order valence-electron chi connectivity index (χ0n) is 17.4. The molecule has 0 saturated heterocycles. The van der Waals surface area contributed by atoms with Crippen molar-refractivity contribution in [2.24, 2.45) is 0 Å². The van der Waals surface area contributed by atoms with Gasteiger partial charge in [-0.25, -0.2) is 4.79 Å². The molecule has 0 saturated carbocycles. The van der Waals surface area contributed by atoms with E-state index in [1.807, 2.05) is 6.07 Å². The predicted molar refractivity (Wildman–Crippen MR) is 109 cm³/mol. The Morgan fingerprint density at radius 3 is 2.04 bits per heavy atom.